The molecule has 0 bridgehead atoms. The van der Waals surface area contributed by atoms with Gasteiger partial charge in [-0.05, 0) is 35.2 Å². The molecule has 0 fully saturated rings. The summed E-state index contributed by atoms with van der Waals surface area (Å²) in [5.41, 5.74) is 3.31. The molecule has 2 aromatic carbocycles. The third-order valence-electron chi connectivity index (χ3n) is 3.84. The monoisotopic (exact) mass is 286 g/mol. The third kappa shape index (κ3) is 2.20. The minimum absolute atomic E-state index is 0.203. The first-order valence-corrected chi connectivity index (χ1v) is 7.02. The van der Waals surface area contributed by atoms with Gasteiger partial charge in [-0.15, -0.1) is 0 Å². The van der Waals surface area contributed by atoms with Gasteiger partial charge in [0.1, 0.15) is 11.5 Å². The molecule has 1 aliphatic carbocycles. The summed E-state index contributed by atoms with van der Waals surface area (Å²) >= 11 is 6.06. The number of halogens is 1. The summed E-state index contributed by atoms with van der Waals surface area (Å²) in [7, 11) is 1.58. The molecular weight excluding hydrogens is 272 g/mol. The zero-order chi connectivity index (χ0) is 14.1. The van der Waals surface area contributed by atoms with Crippen molar-refractivity contribution >= 4 is 17.4 Å². The molecule has 0 amide bonds. The second-order valence-corrected chi connectivity index (χ2v) is 5.40. The fourth-order valence-electron chi connectivity index (χ4n) is 2.84. The maximum atomic E-state index is 12.4. The maximum absolute atomic E-state index is 12.4. The summed E-state index contributed by atoms with van der Waals surface area (Å²) in [6.45, 7) is 0. The van der Waals surface area contributed by atoms with E-state index in [0.29, 0.717) is 17.2 Å². The van der Waals surface area contributed by atoms with E-state index in [9.17, 15) is 4.79 Å². The van der Waals surface area contributed by atoms with E-state index >= 15 is 0 Å². The van der Waals surface area contributed by atoms with Gasteiger partial charge >= 0.3 is 0 Å². The first-order chi connectivity index (χ1) is 9.70. The SMILES string of the molecule is COc1cc([C@@H]2C(=O)CCc3ccccc32)ccc1Cl. The predicted octanol–water partition coefficient (Wildman–Crippen LogP) is 4.00. The third-order valence-corrected chi connectivity index (χ3v) is 4.15. The molecule has 1 atom stereocenters. The number of hydrogen-bond acceptors (Lipinski definition) is 2. The lowest BCUT2D eigenvalue weighted by Gasteiger charge is -2.25. The van der Waals surface area contributed by atoms with Crippen molar-refractivity contribution in [1.29, 1.82) is 0 Å². The van der Waals surface area contributed by atoms with Crippen LogP contribution in [0.4, 0.5) is 0 Å². The Hall–Kier alpha value is -1.80. The quantitative estimate of drug-likeness (QED) is 0.834. The number of carbonyl (C=O) groups is 1. The summed E-state index contributed by atoms with van der Waals surface area (Å²) in [6, 6.07) is 13.7. The zero-order valence-electron chi connectivity index (χ0n) is 11.2. The number of fused-ring (bicyclic) bond motifs is 1. The van der Waals surface area contributed by atoms with E-state index in [2.05, 4.69) is 6.07 Å². The van der Waals surface area contributed by atoms with Crippen LogP contribution >= 0.6 is 11.6 Å². The molecule has 0 saturated heterocycles. The van der Waals surface area contributed by atoms with Gasteiger partial charge in [-0.2, -0.15) is 0 Å². The lowest BCUT2D eigenvalue weighted by molar-refractivity contribution is -0.120. The lowest BCUT2D eigenvalue weighted by atomic mass is 9.78. The number of carbonyl (C=O) groups excluding carboxylic acids is 1. The molecule has 0 aromatic heterocycles. The number of methoxy groups -OCH3 is 1. The Morgan fingerprint density at radius 1 is 1.15 bits per heavy atom. The van der Waals surface area contributed by atoms with Crippen LogP contribution in [0.5, 0.6) is 5.75 Å². The molecule has 0 saturated carbocycles. The van der Waals surface area contributed by atoms with Crippen molar-refractivity contribution in [3.05, 3.63) is 64.2 Å². The molecule has 0 heterocycles. The van der Waals surface area contributed by atoms with E-state index < -0.39 is 0 Å². The highest BCUT2D eigenvalue weighted by Gasteiger charge is 2.29. The van der Waals surface area contributed by atoms with Crippen LogP contribution in [-0.4, -0.2) is 12.9 Å². The van der Waals surface area contributed by atoms with Crippen LogP contribution in [0.3, 0.4) is 0 Å². The van der Waals surface area contributed by atoms with Gasteiger partial charge in [0, 0.05) is 6.42 Å². The van der Waals surface area contributed by atoms with Crippen molar-refractivity contribution in [2.24, 2.45) is 0 Å². The van der Waals surface area contributed by atoms with E-state index in [1.165, 1.54) is 5.56 Å². The van der Waals surface area contributed by atoms with Crippen LogP contribution < -0.4 is 4.74 Å². The first-order valence-electron chi connectivity index (χ1n) is 6.64. The predicted molar refractivity (Wildman–Crippen MR) is 79.6 cm³/mol. The molecule has 0 radical (unpaired) electrons. The van der Waals surface area contributed by atoms with Crippen molar-refractivity contribution in [1.82, 2.24) is 0 Å². The summed E-state index contributed by atoms with van der Waals surface area (Å²) in [4.78, 5) is 12.4. The number of benzene rings is 2. The summed E-state index contributed by atoms with van der Waals surface area (Å²) < 4.78 is 5.26. The van der Waals surface area contributed by atoms with Gasteiger partial charge in [-0.25, -0.2) is 0 Å². The number of ketones is 1. The Balaban J connectivity index is 2.11. The molecular formula is C17H15ClO2. The molecule has 2 aromatic rings. The smallest absolute Gasteiger partial charge is 0.145 e. The molecule has 0 N–H and O–H groups in total. The number of hydrogen-bond donors (Lipinski definition) is 0. The van der Waals surface area contributed by atoms with Crippen molar-refractivity contribution in [2.45, 2.75) is 18.8 Å². The molecule has 0 aliphatic heterocycles. The normalized spacial score (nSPS) is 17.7. The first kappa shape index (κ1) is 13.2. The molecule has 20 heavy (non-hydrogen) atoms. The Morgan fingerprint density at radius 3 is 2.75 bits per heavy atom. The fourth-order valence-corrected chi connectivity index (χ4v) is 3.04. The number of rotatable bonds is 2. The second-order valence-electron chi connectivity index (χ2n) is 4.99. The lowest BCUT2D eigenvalue weighted by Crippen LogP contribution is -2.21. The highest BCUT2D eigenvalue weighted by Crippen LogP contribution is 2.37. The van der Waals surface area contributed by atoms with E-state index in [-0.39, 0.29) is 11.7 Å². The number of ether oxygens (including phenoxy) is 1. The highest BCUT2D eigenvalue weighted by atomic mass is 35.5. The van der Waals surface area contributed by atoms with Crippen molar-refractivity contribution in [3.8, 4) is 5.75 Å². The van der Waals surface area contributed by atoms with Crippen molar-refractivity contribution in [2.75, 3.05) is 7.11 Å². The standard InChI is InChI=1S/C17H15ClO2/c1-20-16-10-12(6-8-14(16)18)17-13-5-3-2-4-11(13)7-9-15(17)19/h2-6,8,10,17H,7,9H2,1H3/t17-/m0/s1. The Labute approximate surface area is 123 Å². The molecule has 3 rings (SSSR count). The van der Waals surface area contributed by atoms with Crippen molar-refractivity contribution in [3.63, 3.8) is 0 Å². The van der Waals surface area contributed by atoms with Crippen LogP contribution in [-0.2, 0) is 11.2 Å². The van der Waals surface area contributed by atoms with Crippen LogP contribution in [0, 0.1) is 0 Å². The molecule has 2 nitrogen and oxygen atoms in total. The molecule has 0 unspecified atom stereocenters. The highest BCUT2D eigenvalue weighted by molar-refractivity contribution is 6.32. The Kier molecular flexibility index (Phi) is 3.49. The molecule has 0 spiro atoms. The second kappa shape index (κ2) is 5.29. The van der Waals surface area contributed by atoms with Crippen LogP contribution in [0.15, 0.2) is 42.5 Å². The molecule has 3 heteroatoms. The van der Waals surface area contributed by atoms with E-state index in [4.69, 9.17) is 16.3 Å². The number of Topliss-reactive ketones (excluding diaryl/α,β-unsaturated/α-hetero) is 1. The van der Waals surface area contributed by atoms with Crippen LogP contribution in [0.25, 0.3) is 0 Å². The Morgan fingerprint density at radius 2 is 1.95 bits per heavy atom. The average molecular weight is 287 g/mol. The average Bonchev–Trinajstić information content (AvgIpc) is 2.48. The van der Waals surface area contributed by atoms with E-state index in [1.807, 2.05) is 30.3 Å². The summed E-state index contributed by atoms with van der Waals surface area (Å²) in [5, 5.41) is 0.563. The minimum Gasteiger partial charge on any atom is -0.495 e. The Bertz CT molecular complexity index is 664. The topological polar surface area (TPSA) is 26.3 Å². The van der Waals surface area contributed by atoms with Crippen LogP contribution in [0.2, 0.25) is 5.02 Å². The van der Waals surface area contributed by atoms with Gasteiger partial charge < -0.3 is 4.74 Å². The molecule has 1 aliphatic rings. The van der Waals surface area contributed by atoms with Gasteiger partial charge in [0.05, 0.1) is 18.1 Å². The fraction of sp³-hybridized carbons (Fsp3) is 0.235. The summed E-state index contributed by atoms with van der Waals surface area (Å²) in [5.74, 6) is 0.666. The van der Waals surface area contributed by atoms with Gasteiger partial charge in [0.2, 0.25) is 0 Å². The van der Waals surface area contributed by atoms with Gasteiger partial charge in [0.15, 0.2) is 0 Å². The number of aryl methyl sites for hydroxylation is 1. The van der Waals surface area contributed by atoms with Crippen molar-refractivity contribution < 1.29 is 9.53 Å². The molecule has 102 valence electrons. The van der Waals surface area contributed by atoms with E-state index in [0.717, 1.165) is 17.5 Å². The van der Waals surface area contributed by atoms with Gasteiger partial charge in [-0.3, -0.25) is 4.79 Å². The van der Waals surface area contributed by atoms with Crippen LogP contribution in [0.1, 0.15) is 29.0 Å². The zero-order valence-corrected chi connectivity index (χ0v) is 12.0. The van der Waals surface area contributed by atoms with Gasteiger partial charge in [0.25, 0.3) is 0 Å². The van der Waals surface area contributed by atoms with Gasteiger partial charge in [-0.1, -0.05) is 41.9 Å². The maximum Gasteiger partial charge on any atom is 0.145 e. The van der Waals surface area contributed by atoms with E-state index in [1.54, 1.807) is 13.2 Å². The summed E-state index contributed by atoms with van der Waals surface area (Å²) in [6.07, 6.45) is 1.42. The minimum atomic E-state index is -0.203. The largest absolute Gasteiger partial charge is 0.495 e.